The molecule has 0 amide bonds. The first-order valence-corrected chi connectivity index (χ1v) is 6.28. The van der Waals surface area contributed by atoms with E-state index in [1.807, 2.05) is 24.3 Å². The summed E-state index contributed by atoms with van der Waals surface area (Å²) in [4.78, 5) is 22.2. The van der Waals surface area contributed by atoms with Gasteiger partial charge in [-0.3, -0.25) is 14.9 Å². The van der Waals surface area contributed by atoms with Gasteiger partial charge >= 0.3 is 0 Å². The molecule has 1 aromatic carbocycles. The zero-order valence-corrected chi connectivity index (χ0v) is 10.7. The zero-order chi connectivity index (χ0) is 12.4. The van der Waals surface area contributed by atoms with Gasteiger partial charge in [-0.05, 0) is 17.7 Å². The first kappa shape index (κ1) is 12.2. The summed E-state index contributed by atoms with van der Waals surface area (Å²) >= 11 is 3.32. The topological polar surface area (TPSA) is 60.2 Å². The van der Waals surface area contributed by atoms with E-state index in [4.69, 9.17) is 0 Å². The Bertz CT molecular complexity index is 444. The fraction of sp³-hybridized carbons (Fsp3) is 0.417. The van der Waals surface area contributed by atoms with Crippen molar-refractivity contribution in [2.24, 2.45) is 0 Å². The number of carbonyl (C=O) groups is 1. The minimum absolute atomic E-state index is 0.121. The van der Waals surface area contributed by atoms with Gasteiger partial charge in [0.15, 0.2) is 0 Å². The lowest BCUT2D eigenvalue weighted by atomic mass is 9.80. The number of nitrogens with zero attached hydrogens (tertiary/aromatic N) is 1. The Morgan fingerprint density at radius 3 is 2.53 bits per heavy atom. The number of benzene rings is 1. The first-order chi connectivity index (χ1) is 8.08. The van der Waals surface area contributed by atoms with Crippen LogP contribution in [-0.4, -0.2) is 16.7 Å². The second-order valence-corrected chi connectivity index (χ2v) is 5.21. The van der Waals surface area contributed by atoms with E-state index in [0.717, 1.165) is 10.0 Å². The molecule has 4 nitrogen and oxygen atoms in total. The maximum Gasteiger partial charge on any atom is 0.220 e. The molecule has 0 aliphatic heterocycles. The minimum Gasteiger partial charge on any atom is -0.300 e. The van der Waals surface area contributed by atoms with Gasteiger partial charge in [0.1, 0.15) is 5.78 Å². The van der Waals surface area contributed by atoms with Gasteiger partial charge in [-0.15, -0.1) is 0 Å². The van der Waals surface area contributed by atoms with Crippen molar-refractivity contribution in [3.63, 3.8) is 0 Å². The Balaban J connectivity index is 2.28. The smallest absolute Gasteiger partial charge is 0.220 e. The number of Topliss-reactive ketones (excluding diaryl/α,β-unsaturated/α-hetero) is 1. The molecule has 0 bridgehead atoms. The number of hydrogen-bond donors (Lipinski definition) is 0. The number of hydrogen-bond acceptors (Lipinski definition) is 3. The summed E-state index contributed by atoms with van der Waals surface area (Å²) in [5.74, 6) is -0.157. The molecule has 0 heterocycles. The first-order valence-electron chi connectivity index (χ1n) is 5.48. The number of nitro groups is 1. The molecule has 2 atom stereocenters. The van der Waals surface area contributed by atoms with Gasteiger partial charge in [0.25, 0.3) is 0 Å². The maximum atomic E-state index is 11.5. The van der Waals surface area contributed by atoms with Crippen LogP contribution >= 0.6 is 15.9 Å². The second-order valence-electron chi connectivity index (χ2n) is 4.29. The molecule has 0 saturated heterocycles. The van der Waals surface area contributed by atoms with E-state index in [2.05, 4.69) is 15.9 Å². The highest BCUT2D eigenvalue weighted by atomic mass is 79.9. The van der Waals surface area contributed by atoms with E-state index in [0.29, 0.717) is 12.8 Å². The average molecular weight is 298 g/mol. The summed E-state index contributed by atoms with van der Waals surface area (Å²) in [6, 6.07) is 6.78. The Labute approximate surface area is 107 Å². The predicted molar refractivity (Wildman–Crippen MR) is 66.5 cm³/mol. The molecule has 17 heavy (non-hydrogen) atoms. The van der Waals surface area contributed by atoms with Crippen molar-refractivity contribution < 1.29 is 9.72 Å². The van der Waals surface area contributed by atoms with Crippen LogP contribution in [-0.2, 0) is 4.79 Å². The molecule has 0 aromatic heterocycles. The lowest BCUT2D eigenvalue weighted by Crippen LogP contribution is -2.33. The number of halogens is 1. The predicted octanol–water partition coefficient (Wildman–Crippen LogP) is 2.93. The number of ketones is 1. The van der Waals surface area contributed by atoms with E-state index >= 15 is 0 Å². The van der Waals surface area contributed by atoms with Crippen LogP contribution in [0.25, 0.3) is 0 Å². The summed E-state index contributed by atoms with van der Waals surface area (Å²) in [6.07, 6.45) is 0.971. The van der Waals surface area contributed by atoms with Crippen molar-refractivity contribution in [2.45, 2.75) is 31.2 Å². The van der Waals surface area contributed by atoms with Gasteiger partial charge in [-0.25, -0.2) is 0 Å². The fourth-order valence-corrected chi connectivity index (χ4v) is 2.56. The summed E-state index contributed by atoms with van der Waals surface area (Å²) in [5, 5.41) is 11.0. The van der Waals surface area contributed by atoms with E-state index in [-0.39, 0.29) is 23.0 Å². The van der Waals surface area contributed by atoms with Crippen LogP contribution in [0.2, 0.25) is 0 Å². The van der Waals surface area contributed by atoms with Crippen molar-refractivity contribution >= 4 is 21.7 Å². The summed E-state index contributed by atoms with van der Waals surface area (Å²) in [6.45, 7) is 0. The van der Waals surface area contributed by atoms with E-state index in [9.17, 15) is 14.9 Å². The van der Waals surface area contributed by atoms with E-state index in [1.54, 1.807) is 0 Å². The van der Waals surface area contributed by atoms with Gasteiger partial charge in [-0.1, -0.05) is 28.1 Å². The van der Waals surface area contributed by atoms with Crippen LogP contribution in [0.1, 0.15) is 30.7 Å². The Hall–Kier alpha value is -1.23. The maximum absolute atomic E-state index is 11.5. The van der Waals surface area contributed by atoms with Crippen LogP contribution in [0.15, 0.2) is 28.7 Å². The molecule has 2 rings (SSSR count). The standard InChI is InChI=1S/C12H12BrNO3/c13-9-3-1-8(2-4-9)11-7-10(15)5-6-12(11)14(16)17/h1-4,11-12H,5-7H2/t11-,12+/m0/s1. The molecule has 1 aromatic rings. The van der Waals surface area contributed by atoms with Gasteiger partial charge < -0.3 is 0 Å². The fourth-order valence-electron chi connectivity index (χ4n) is 2.30. The zero-order valence-electron chi connectivity index (χ0n) is 9.14. The largest absolute Gasteiger partial charge is 0.300 e. The van der Waals surface area contributed by atoms with Crippen molar-refractivity contribution in [1.29, 1.82) is 0 Å². The molecule has 1 saturated carbocycles. The molecule has 5 heteroatoms. The Morgan fingerprint density at radius 1 is 1.29 bits per heavy atom. The van der Waals surface area contributed by atoms with Crippen molar-refractivity contribution in [3.8, 4) is 0 Å². The van der Waals surface area contributed by atoms with Crippen LogP contribution in [0.5, 0.6) is 0 Å². The van der Waals surface area contributed by atoms with Crippen LogP contribution in [0.3, 0.4) is 0 Å². The summed E-state index contributed by atoms with van der Waals surface area (Å²) in [5.41, 5.74) is 0.878. The average Bonchev–Trinajstić information content (AvgIpc) is 2.29. The molecule has 0 radical (unpaired) electrons. The molecule has 0 spiro atoms. The quantitative estimate of drug-likeness (QED) is 0.623. The van der Waals surface area contributed by atoms with E-state index < -0.39 is 6.04 Å². The lowest BCUT2D eigenvalue weighted by Gasteiger charge is -2.24. The third-order valence-corrected chi connectivity index (χ3v) is 3.73. The van der Waals surface area contributed by atoms with Crippen molar-refractivity contribution in [3.05, 3.63) is 44.4 Å². The normalized spacial score (nSPS) is 24.6. The molecular weight excluding hydrogens is 286 g/mol. The summed E-state index contributed by atoms with van der Waals surface area (Å²) in [7, 11) is 0. The molecule has 1 fully saturated rings. The highest BCUT2D eigenvalue weighted by molar-refractivity contribution is 9.10. The molecule has 1 aliphatic rings. The van der Waals surface area contributed by atoms with Gasteiger partial charge in [0, 0.05) is 28.7 Å². The van der Waals surface area contributed by atoms with Crippen LogP contribution < -0.4 is 0 Å². The third kappa shape index (κ3) is 2.72. The lowest BCUT2D eigenvalue weighted by molar-refractivity contribution is -0.528. The van der Waals surface area contributed by atoms with Crippen LogP contribution in [0.4, 0.5) is 0 Å². The Morgan fingerprint density at radius 2 is 1.94 bits per heavy atom. The SMILES string of the molecule is O=C1CC[C@@H]([N+](=O)[O-])[C@H](c2ccc(Br)cc2)C1. The van der Waals surface area contributed by atoms with Gasteiger partial charge in [0.05, 0.1) is 5.92 Å². The monoisotopic (exact) mass is 297 g/mol. The highest BCUT2D eigenvalue weighted by Gasteiger charge is 2.38. The van der Waals surface area contributed by atoms with Crippen molar-refractivity contribution in [1.82, 2.24) is 0 Å². The molecule has 0 unspecified atom stereocenters. The van der Waals surface area contributed by atoms with Crippen molar-refractivity contribution in [2.75, 3.05) is 0 Å². The number of carbonyl (C=O) groups excluding carboxylic acids is 1. The minimum atomic E-state index is -0.631. The van der Waals surface area contributed by atoms with Gasteiger partial charge in [-0.2, -0.15) is 0 Å². The number of rotatable bonds is 2. The Kier molecular flexibility index (Phi) is 3.57. The van der Waals surface area contributed by atoms with Gasteiger partial charge in [0.2, 0.25) is 6.04 Å². The van der Waals surface area contributed by atoms with E-state index in [1.165, 1.54) is 0 Å². The molecule has 0 N–H and O–H groups in total. The second kappa shape index (κ2) is 4.96. The van der Waals surface area contributed by atoms with Crippen LogP contribution in [0, 0.1) is 10.1 Å². The highest BCUT2D eigenvalue weighted by Crippen LogP contribution is 2.33. The summed E-state index contributed by atoms with van der Waals surface area (Å²) < 4.78 is 0.932. The molecular formula is C12H12BrNO3. The molecule has 90 valence electrons. The molecule has 1 aliphatic carbocycles. The third-order valence-electron chi connectivity index (χ3n) is 3.20.